The van der Waals surface area contributed by atoms with Gasteiger partial charge in [0.1, 0.15) is 0 Å². The van der Waals surface area contributed by atoms with E-state index in [-0.39, 0.29) is 11.3 Å². The number of nitrogens with one attached hydrogen (secondary N) is 1. The van der Waals surface area contributed by atoms with Crippen molar-refractivity contribution in [2.45, 2.75) is 18.2 Å². The zero-order valence-corrected chi connectivity index (χ0v) is 11.8. The van der Waals surface area contributed by atoms with E-state index < -0.39 is 11.6 Å². The highest BCUT2D eigenvalue weighted by atomic mass is 35.5. The zero-order chi connectivity index (χ0) is 15.0. The summed E-state index contributed by atoms with van der Waals surface area (Å²) < 4.78 is 26.1. The largest absolute Gasteiger partial charge is 0.326 e. The smallest absolute Gasteiger partial charge is 0.228 e. The average molecular weight is 308 g/mol. The Hall–Kier alpha value is -1.94. The number of amides is 1. The van der Waals surface area contributed by atoms with Gasteiger partial charge >= 0.3 is 0 Å². The van der Waals surface area contributed by atoms with Gasteiger partial charge in [-0.1, -0.05) is 18.2 Å². The molecule has 0 aromatic heterocycles. The van der Waals surface area contributed by atoms with Gasteiger partial charge in [-0.15, -0.1) is 11.6 Å². The molecule has 1 aliphatic rings. The zero-order valence-electron chi connectivity index (χ0n) is 11.0. The number of hydrogen-bond donors (Lipinski definition) is 1. The normalized spacial score (nSPS) is 14.7. The molecular formula is C16H12ClF2NO. The van der Waals surface area contributed by atoms with Crippen molar-refractivity contribution >= 4 is 23.2 Å². The molecule has 1 amide bonds. The van der Waals surface area contributed by atoms with Gasteiger partial charge in [0, 0.05) is 5.69 Å². The Labute approximate surface area is 125 Å². The molecule has 3 rings (SSSR count). The molecule has 1 aliphatic heterocycles. The predicted molar refractivity (Wildman–Crippen MR) is 77.4 cm³/mol. The molecular weight excluding hydrogens is 296 g/mol. The molecule has 0 saturated carbocycles. The topological polar surface area (TPSA) is 29.1 Å². The lowest BCUT2D eigenvalue weighted by Gasteiger charge is -2.11. The van der Waals surface area contributed by atoms with Crippen LogP contribution in [-0.2, 0) is 17.6 Å². The summed E-state index contributed by atoms with van der Waals surface area (Å²) in [5.74, 6) is -1.78. The van der Waals surface area contributed by atoms with Crippen molar-refractivity contribution in [2.24, 2.45) is 0 Å². The number of halogens is 3. The maximum absolute atomic E-state index is 13.2. The van der Waals surface area contributed by atoms with Crippen molar-refractivity contribution in [3.8, 4) is 0 Å². The monoisotopic (exact) mass is 307 g/mol. The van der Waals surface area contributed by atoms with E-state index in [1.807, 2.05) is 18.2 Å². The van der Waals surface area contributed by atoms with Gasteiger partial charge in [0.25, 0.3) is 0 Å². The van der Waals surface area contributed by atoms with Gasteiger partial charge in [-0.2, -0.15) is 0 Å². The molecule has 0 saturated heterocycles. The second-order valence-corrected chi connectivity index (χ2v) is 5.59. The van der Waals surface area contributed by atoms with Crippen LogP contribution in [0.4, 0.5) is 14.5 Å². The van der Waals surface area contributed by atoms with E-state index in [1.165, 1.54) is 6.07 Å². The van der Waals surface area contributed by atoms with Crippen molar-refractivity contribution in [1.29, 1.82) is 0 Å². The first kappa shape index (κ1) is 14.0. The number of hydrogen-bond acceptors (Lipinski definition) is 1. The minimum absolute atomic E-state index is 0.0334. The van der Waals surface area contributed by atoms with E-state index in [2.05, 4.69) is 5.32 Å². The molecule has 2 nitrogen and oxygen atoms in total. The highest BCUT2D eigenvalue weighted by Crippen LogP contribution is 2.31. The van der Waals surface area contributed by atoms with Crippen molar-refractivity contribution in [2.75, 3.05) is 5.32 Å². The van der Waals surface area contributed by atoms with Crippen LogP contribution in [0.3, 0.4) is 0 Å². The van der Waals surface area contributed by atoms with Crippen molar-refractivity contribution in [1.82, 2.24) is 0 Å². The van der Waals surface area contributed by atoms with Crippen LogP contribution in [0.25, 0.3) is 0 Å². The summed E-state index contributed by atoms with van der Waals surface area (Å²) in [7, 11) is 0. The summed E-state index contributed by atoms with van der Waals surface area (Å²) in [5.41, 5.74) is 3.20. The lowest BCUT2D eigenvalue weighted by Crippen LogP contribution is -2.03. The van der Waals surface area contributed by atoms with Crippen molar-refractivity contribution in [3.05, 3.63) is 64.7 Å². The van der Waals surface area contributed by atoms with E-state index in [0.29, 0.717) is 18.4 Å². The van der Waals surface area contributed by atoms with Crippen LogP contribution in [0.1, 0.15) is 22.1 Å². The summed E-state index contributed by atoms with van der Waals surface area (Å²) in [6.45, 7) is 0. The number of anilines is 1. The molecule has 5 heteroatoms. The number of fused-ring (bicyclic) bond motifs is 1. The van der Waals surface area contributed by atoms with Gasteiger partial charge in [0.05, 0.1) is 11.8 Å². The number of benzene rings is 2. The van der Waals surface area contributed by atoms with Gasteiger partial charge in [-0.3, -0.25) is 4.79 Å². The SMILES string of the molecule is O=C1Cc2cc(C(Cl)Cc3ccc(F)c(F)c3)ccc2N1. The maximum atomic E-state index is 13.2. The molecule has 2 aromatic carbocycles. The molecule has 0 fully saturated rings. The fraction of sp³-hybridized carbons (Fsp3) is 0.188. The van der Waals surface area contributed by atoms with Crippen LogP contribution in [-0.4, -0.2) is 5.91 Å². The summed E-state index contributed by atoms with van der Waals surface area (Å²) in [5, 5.41) is 2.39. The third kappa shape index (κ3) is 2.90. The second kappa shape index (κ2) is 5.45. The van der Waals surface area contributed by atoms with Crippen LogP contribution >= 0.6 is 11.6 Å². The van der Waals surface area contributed by atoms with E-state index in [0.717, 1.165) is 28.9 Å². The van der Waals surface area contributed by atoms with Crippen LogP contribution in [0.5, 0.6) is 0 Å². The number of carbonyl (C=O) groups is 1. The molecule has 1 unspecified atom stereocenters. The van der Waals surface area contributed by atoms with E-state index >= 15 is 0 Å². The lowest BCUT2D eigenvalue weighted by molar-refractivity contribution is -0.115. The minimum atomic E-state index is -0.875. The Morgan fingerprint density at radius 1 is 1.14 bits per heavy atom. The first-order chi connectivity index (χ1) is 10.0. The third-order valence-corrected chi connectivity index (χ3v) is 3.92. The standard InChI is InChI=1S/C16H12ClF2NO/c17-12(5-9-1-3-13(18)14(19)6-9)10-2-4-15-11(7-10)8-16(21)20-15/h1-4,6-7,12H,5,8H2,(H,20,21). The number of rotatable bonds is 3. The van der Waals surface area contributed by atoms with Gasteiger partial charge in [0.15, 0.2) is 11.6 Å². The molecule has 0 bridgehead atoms. The van der Waals surface area contributed by atoms with Gasteiger partial charge in [-0.05, 0) is 41.3 Å². The molecule has 1 heterocycles. The first-order valence-electron chi connectivity index (χ1n) is 6.53. The molecule has 2 aromatic rings. The summed E-state index contributed by atoms with van der Waals surface area (Å²) >= 11 is 6.35. The van der Waals surface area contributed by atoms with E-state index in [1.54, 1.807) is 0 Å². The first-order valence-corrected chi connectivity index (χ1v) is 6.97. The van der Waals surface area contributed by atoms with E-state index in [9.17, 15) is 13.6 Å². The molecule has 1 atom stereocenters. The van der Waals surface area contributed by atoms with E-state index in [4.69, 9.17) is 11.6 Å². The van der Waals surface area contributed by atoms with Crippen LogP contribution in [0, 0.1) is 11.6 Å². The Bertz CT molecular complexity index is 717. The predicted octanol–water partition coefficient (Wildman–Crippen LogP) is 3.98. The van der Waals surface area contributed by atoms with Crippen LogP contribution in [0.15, 0.2) is 36.4 Å². The third-order valence-electron chi connectivity index (χ3n) is 3.52. The fourth-order valence-electron chi connectivity index (χ4n) is 2.44. The summed E-state index contributed by atoms with van der Waals surface area (Å²) in [4.78, 5) is 11.3. The molecule has 1 N–H and O–H groups in total. The Balaban J connectivity index is 1.79. The lowest BCUT2D eigenvalue weighted by atomic mass is 10.0. The quantitative estimate of drug-likeness (QED) is 0.854. The Morgan fingerprint density at radius 3 is 2.71 bits per heavy atom. The molecule has 0 aliphatic carbocycles. The minimum Gasteiger partial charge on any atom is -0.326 e. The van der Waals surface area contributed by atoms with Crippen LogP contribution in [0.2, 0.25) is 0 Å². The Kier molecular flexibility index (Phi) is 3.64. The molecule has 108 valence electrons. The van der Waals surface area contributed by atoms with Gasteiger partial charge in [-0.25, -0.2) is 8.78 Å². The summed E-state index contributed by atoms with van der Waals surface area (Å²) in [6, 6.07) is 9.30. The highest BCUT2D eigenvalue weighted by molar-refractivity contribution is 6.21. The Morgan fingerprint density at radius 2 is 1.95 bits per heavy atom. The van der Waals surface area contributed by atoms with Crippen molar-refractivity contribution < 1.29 is 13.6 Å². The highest BCUT2D eigenvalue weighted by Gasteiger charge is 2.19. The summed E-state index contributed by atoms with van der Waals surface area (Å²) in [6.07, 6.45) is 0.733. The fourth-order valence-corrected chi connectivity index (χ4v) is 2.75. The molecule has 21 heavy (non-hydrogen) atoms. The van der Waals surface area contributed by atoms with Gasteiger partial charge < -0.3 is 5.32 Å². The average Bonchev–Trinajstić information content (AvgIpc) is 2.82. The maximum Gasteiger partial charge on any atom is 0.228 e. The number of carbonyl (C=O) groups excluding carboxylic acids is 1. The van der Waals surface area contributed by atoms with Crippen LogP contribution < -0.4 is 5.32 Å². The molecule has 0 spiro atoms. The second-order valence-electron chi connectivity index (χ2n) is 5.06. The number of alkyl halides is 1. The van der Waals surface area contributed by atoms with Crippen molar-refractivity contribution in [3.63, 3.8) is 0 Å². The van der Waals surface area contributed by atoms with Gasteiger partial charge in [0.2, 0.25) is 5.91 Å². The molecule has 0 radical (unpaired) electrons.